The van der Waals surface area contributed by atoms with Gasteiger partial charge in [-0.1, -0.05) is 43.5 Å². The highest BCUT2D eigenvalue weighted by Crippen LogP contribution is 2.29. The maximum atomic E-state index is 6.18. The zero-order valence-electron chi connectivity index (χ0n) is 10.1. The van der Waals surface area contributed by atoms with E-state index in [0.717, 1.165) is 34.1 Å². The van der Waals surface area contributed by atoms with E-state index >= 15 is 0 Å². The molecule has 0 bridgehead atoms. The lowest BCUT2D eigenvalue weighted by molar-refractivity contribution is 0.623. The van der Waals surface area contributed by atoms with Crippen LogP contribution in [0.2, 0.25) is 10.0 Å². The Morgan fingerprint density at radius 1 is 1.19 bits per heavy atom. The van der Waals surface area contributed by atoms with Crippen molar-refractivity contribution >= 4 is 28.9 Å². The van der Waals surface area contributed by atoms with Gasteiger partial charge in [-0.25, -0.2) is 0 Å². The molecule has 0 fully saturated rings. The van der Waals surface area contributed by atoms with Crippen LogP contribution < -0.4 is 5.32 Å². The summed E-state index contributed by atoms with van der Waals surface area (Å²) in [4.78, 5) is 0. The second kappa shape index (κ2) is 6.36. The van der Waals surface area contributed by atoms with Crippen LogP contribution in [0, 0.1) is 6.92 Å². The normalized spacial score (nSPS) is 12.6. The number of hydrogen-bond donors (Lipinski definition) is 1. The molecule has 0 saturated carbocycles. The van der Waals surface area contributed by atoms with Crippen molar-refractivity contribution in [2.45, 2.75) is 46.1 Å². The zero-order valence-corrected chi connectivity index (χ0v) is 11.6. The zero-order chi connectivity index (χ0) is 12.1. The third-order valence-electron chi connectivity index (χ3n) is 2.74. The highest BCUT2D eigenvalue weighted by Gasteiger charge is 2.09. The molecule has 0 radical (unpaired) electrons. The molecule has 1 unspecified atom stereocenters. The Labute approximate surface area is 108 Å². The highest BCUT2D eigenvalue weighted by molar-refractivity contribution is 6.35. The molecule has 16 heavy (non-hydrogen) atoms. The van der Waals surface area contributed by atoms with E-state index in [9.17, 15) is 0 Å². The molecule has 90 valence electrons. The van der Waals surface area contributed by atoms with E-state index in [1.165, 1.54) is 6.42 Å². The minimum atomic E-state index is 0.473. The molecule has 0 spiro atoms. The third-order valence-corrected chi connectivity index (χ3v) is 3.46. The molecule has 0 heterocycles. The molecule has 0 amide bonds. The van der Waals surface area contributed by atoms with Gasteiger partial charge in [0.1, 0.15) is 0 Å². The Kier molecular flexibility index (Phi) is 5.43. The standard InChI is InChI=1S/C13H19Cl2N/c1-4-6-10(5-2)16-13-8-11(14)9(3)7-12(13)15/h7-8,10,16H,4-6H2,1-3H3. The van der Waals surface area contributed by atoms with E-state index in [2.05, 4.69) is 19.2 Å². The van der Waals surface area contributed by atoms with Crippen LogP contribution in [0.25, 0.3) is 0 Å². The number of aryl methyl sites for hydroxylation is 1. The molecule has 1 N–H and O–H groups in total. The second-order valence-electron chi connectivity index (χ2n) is 4.12. The van der Waals surface area contributed by atoms with Crippen molar-refractivity contribution in [2.75, 3.05) is 5.32 Å². The van der Waals surface area contributed by atoms with Gasteiger partial charge in [0.25, 0.3) is 0 Å². The Morgan fingerprint density at radius 3 is 2.44 bits per heavy atom. The minimum absolute atomic E-state index is 0.473. The van der Waals surface area contributed by atoms with E-state index in [1.807, 2.05) is 19.1 Å². The van der Waals surface area contributed by atoms with Crippen LogP contribution in [-0.2, 0) is 0 Å². The summed E-state index contributed by atoms with van der Waals surface area (Å²) in [6.45, 7) is 6.33. The largest absolute Gasteiger partial charge is 0.381 e. The fourth-order valence-electron chi connectivity index (χ4n) is 1.70. The smallest absolute Gasteiger partial charge is 0.0641 e. The first-order valence-electron chi connectivity index (χ1n) is 5.80. The fourth-order valence-corrected chi connectivity index (χ4v) is 2.14. The van der Waals surface area contributed by atoms with Crippen LogP contribution in [-0.4, -0.2) is 6.04 Å². The van der Waals surface area contributed by atoms with E-state index in [-0.39, 0.29) is 0 Å². The maximum Gasteiger partial charge on any atom is 0.0641 e. The lowest BCUT2D eigenvalue weighted by atomic mass is 10.1. The molecule has 1 rings (SSSR count). The topological polar surface area (TPSA) is 12.0 Å². The van der Waals surface area contributed by atoms with Gasteiger partial charge < -0.3 is 5.32 Å². The Bertz CT molecular complexity index is 350. The molecule has 0 saturated heterocycles. The summed E-state index contributed by atoms with van der Waals surface area (Å²) >= 11 is 12.3. The SMILES string of the molecule is CCCC(CC)Nc1cc(Cl)c(C)cc1Cl. The summed E-state index contributed by atoms with van der Waals surface area (Å²) in [5.74, 6) is 0. The minimum Gasteiger partial charge on any atom is -0.381 e. The Balaban J connectivity index is 2.83. The van der Waals surface area contributed by atoms with Gasteiger partial charge in [0.15, 0.2) is 0 Å². The predicted molar refractivity (Wildman–Crippen MR) is 73.8 cm³/mol. The van der Waals surface area contributed by atoms with Crippen molar-refractivity contribution < 1.29 is 0 Å². The predicted octanol–water partition coefficient (Wildman–Crippen LogP) is 5.29. The maximum absolute atomic E-state index is 6.18. The second-order valence-corrected chi connectivity index (χ2v) is 4.93. The number of anilines is 1. The quantitative estimate of drug-likeness (QED) is 0.758. The highest BCUT2D eigenvalue weighted by atomic mass is 35.5. The van der Waals surface area contributed by atoms with Crippen molar-refractivity contribution in [2.24, 2.45) is 0 Å². The number of halogens is 2. The Hall–Kier alpha value is -0.400. The first-order valence-corrected chi connectivity index (χ1v) is 6.56. The summed E-state index contributed by atoms with van der Waals surface area (Å²) in [5, 5.41) is 4.96. The molecule has 0 aliphatic rings. The van der Waals surface area contributed by atoms with Crippen molar-refractivity contribution in [3.63, 3.8) is 0 Å². The molecule has 0 aromatic heterocycles. The molecule has 1 nitrogen and oxygen atoms in total. The molecule has 0 aliphatic heterocycles. The molecule has 1 aromatic rings. The molecule has 1 atom stereocenters. The van der Waals surface area contributed by atoms with Gasteiger partial charge in [0.05, 0.1) is 10.7 Å². The number of benzene rings is 1. The van der Waals surface area contributed by atoms with Crippen LogP contribution in [0.4, 0.5) is 5.69 Å². The van der Waals surface area contributed by atoms with E-state index in [1.54, 1.807) is 0 Å². The van der Waals surface area contributed by atoms with Gasteiger partial charge in [-0.05, 0) is 37.5 Å². The fraction of sp³-hybridized carbons (Fsp3) is 0.538. The van der Waals surface area contributed by atoms with Gasteiger partial charge in [-0.15, -0.1) is 0 Å². The van der Waals surface area contributed by atoms with E-state index in [0.29, 0.717) is 6.04 Å². The summed E-state index contributed by atoms with van der Waals surface area (Å²) in [7, 11) is 0. The molecule has 3 heteroatoms. The van der Waals surface area contributed by atoms with Crippen molar-refractivity contribution in [3.8, 4) is 0 Å². The van der Waals surface area contributed by atoms with Crippen LogP contribution in [0.15, 0.2) is 12.1 Å². The summed E-state index contributed by atoms with van der Waals surface area (Å²) in [6.07, 6.45) is 3.41. The number of hydrogen-bond acceptors (Lipinski definition) is 1. The van der Waals surface area contributed by atoms with Crippen LogP contribution in [0.5, 0.6) is 0 Å². The van der Waals surface area contributed by atoms with Crippen molar-refractivity contribution in [3.05, 3.63) is 27.7 Å². The number of nitrogens with one attached hydrogen (secondary N) is 1. The van der Waals surface area contributed by atoms with Gasteiger partial charge in [0, 0.05) is 11.1 Å². The van der Waals surface area contributed by atoms with Crippen LogP contribution in [0.3, 0.4) is 0 Å². The monoisotopic (exact) mass is 259 g/mol. The molecular formula is C13H19Cl2N. The van der Waals surface area contributed by atoms with Gasteiger partial charge in [-0.3, -0.25) is 0 Å². The first-order chi connectivity index (χ1) is 7.58. The number of rotatable bonds is 5. The third kappa shape index (κ3) is 3.57. The average molecular weight is 260 g/mol. The van der Waals surface area contributed by atoms with Gasteiger partial charge >= 0.3 is 0 Å². The first kappa shape index (κ1) is 13.7. The molecule has 0 aliphatic carbocycles. The Morgan fingerprint density at radius 2 is 1.88 bits per heavy atom. The van der Waals surface area contributed by atoms with Crippen LogP contribution >= 0.6 is 23.2 Å². The van der Waals surface area contributed by atoms with Crippen molar-refractivity contribution in [1.29, 1.82) is 0 Å². The molecular weight excluding hydrogens is 241 g/mol. The average Bonchev–Trinajstić information content (AvgIpc) is 2.25. The summed E-state index contributed by atoms with van der Waals surface area (Å²) in [5.41, 5.74) is 1.96. The van der Waals surface area contributed by atoms with E-state index < -0.39 is 0 Å². The molecule has 1 aromatic carbocycles. The van der Waals surface area contributed by atoms with Crippen LogP contribution in [0.1, 0.15) is 38.7 Å². The van der Waals surface area contributed by atoms with E-state index in [4.69, 9.17) is 23.2 Å². The lowest BCUT2D eigenvalue weighted by Gasteiger charge is -2.19. The van der Waals surface area contributed by atoms with Gasteiger partial charge in [0.2, 0.25) is 0 Å². The summed E-state index contributed by atoms with van der Waals surface area (Å²) < 4.78 is 0. The summed E-state index contributed by atoms with van der Waals surface area (Å²) in [6, 6.07) is 4.30. The van der Waals surface area contributed by atoms with Gasteiger partial charge in [-0.2, -0.15) is 0 Å². The lowest BCUT2D eigenvalue weighted by Crippen LogP contribution is -2.18. The van der Waals surface area contributed by atoms with Crippen molar-refractivity contribution in [1.82, 2.24) is 0 Å².